The molecule has 1 aliphatic rings. The van der Waals surface area contributed by atoms with Gasteiger partial charge in [-0.3, -0.25) is 4.79 Å². The van der Waals surface area contributed by atoms with Gasteiger partial charge in [0.05, 0.1) is 11.3 Å². The average molecular weight is 395 g/mol. The Kier molecular flexibility index (Phi) is 5.33. The molecule has 1 N–H and O–H groups in total. The molecule has 1 aliphatic heterocycles. The highest BCUT2D eigenvalue weighted by molar-refractivity contribution is 5.94. The zero-order chi connectivity index (χ0) is 20.2. The summed E-state index contributed by atoms with van der Waals surface area (Å²) in [5, 5.41) is 2.78. The zero-order valence-electron chi connectivity index (χ0n) is 15.6. The second-order valence-electron chi connectivity index (χ2n) is 6.65. The number of amides is 1. The highest BCUT2D eigenvalue weighted by Crippen LogP contribution is 2.20. The largest absolute Gasteiger partial charge is 0.353 e. The van der Waals surface area contributed by atoms with Crippen molar-refractivity contribution in [3.8, 4) is 0 Å². The maximum Gasteiger partial charge on any atom is 0.255 e. The van der Waals surface area contributed by atoms with Gasteiger partial charge in [0.1, 0.15) is 23.3 Å². The van der Waals surface area contributed by atoms with Crippen LogP contribution in [-0.2, 0) is 0 Å². The van der Waals surface area contributed by atoms with Gasteiger partial charge in [-0.25, -0.2) is 18.7 Å². The first-order chi connectivity index (χ1) is 14.1. The molecule has 1 amide bonds. The number of carbonyl (C=O) groups is 1. The third-order valence-corrected chi connectivity index (χ3v) is 4.74. The van der Waals surface area contributed by atoms with E-state index in [0.29, 0.717) is 37.6 Å². The van der Waals surface area contributed by atoms with E-state index in [-0.39, 0.29) is 11.6 Å². The molecule has 8 heteroatoms. The average Bonchev–Trinajstić information content (AvgIpc) is 2.76. The van der Waals surface area contributed by atoms with Crippen LogP contribution in [0.2, 0.25) is 0 Å². The summed E-state index contributed by atoms with van der Waals surface area (Å²) in [6.45, 7) is 2.60. The third-order valence-electron chi connectivity index (χ3n) is 4.74. The van der Waals surface area contributed by atoms with Crippen LogP contribution in [0.25, 0.3) is 0 Å². The summed E-state index contributed by atoms with van der Waals surface area (Å²) in [7, 11) is 0. The first-order valence-corrected chi connectivity index (χ1v) is 9.23. The monoisotopic (exact) mass is 395 g/mol. The van der Waals surface area contributed by atoms with Crippen molar-refractivity contribution < 1.29 is 13.6 Å². The number of carbonyl (C=O) groups excluding carboxylic acids is 1. The predicted octanol–water partition coefficient (Wildman–Crippen LogP) is 3.46. The summed E-state index contributed by atoms with van der Waals surface area (Å²) >= 11 is 0. The number of hydrogen-bond acceptors (Lipinski definition) is 5. The van der Waals surface area contributed by atoms with Crippen molar-refractivity contribution in [3.63, 3.8) is 0 Å². The van der Waals surface area contributed by atoms with Crippen molar-refractivity contribution in [1.29, 1.82) is 0 Å². The number of hydrogen-bond donors (Lipinski definition) is 1. The first kappa shape index (κ1) is 18.8. The van der Waals surface area contributed by atoms with E-state index in [9.17, 15) is 13.6 Å². The number of anilines is 3. The van der Waals surface area contributed by atoms with Crippen LogP contribution in [0.5, 0.6) is 0 Å². The lowest BCUT2D eigenvalue weighted by Crippen LogP contribution is -2.49. The number of nitrogens with zero attached hydrogens (tertiary/aromatic N) is 4. The molecule has 3 heterocycles. The van der Waals surface area contributed by atoms with Gasteiger partial charge in [0, 0.05) is 44.6 Å². The van der Waals surface area contributed by atoms with Crippen LogP contribution in [0.15, 0.2) is 60.9 Å². The molecule has 0 spiro atoms. The number of nitrogens with one attached hydrogen (secondary N) is 1. The second-order valence-corrected chi connectivity index (χ2v) is 6.65. The number of aromatic nitrogens is 2. The molecule has 29 heavy (non-hydrogen) atoms. The minimum absolute atomic E-state index is 0.0994. The number of halogens is 2. The van der Waals surface area contributed by atoms with E-state index >= 15 is 0 Å². The Balaban J connectivity index is 1.37. The van der Waals surface area contributed by atoms with Crippen molar-refractivity contribution in [2.45, 2.75) is 0 Å². The normalized spacial score (nSPS) is 14.0. The summed E-state index contributed by atoms with van der Waals surface area (Å²) < 4.78 is 26.7. The Hall–Kier alpha value is -3.55. The standard InChI is InChI=1S/C21H19F2N5O/c22-16-5-6-18(17(23)13-16)26-19-7-4-15(14-25-19)21(29)28-11-9-27(10-12-28)20-3-1-2-8-24-20/h1-8,13-14H,9-12H2,(H,25,26). The number of piperazine rings is 1. The molecule has 1 fully saturated rings. The molecule has 6 nitrogen and oxygen atoms in total. The van der Waals surface area contributed by atoms with E-state index in [1.807, 2.05) is 18.2 Å². The fourth-order valence-corrected chi connectivity index (χ4v) is 3.19. The van der Waals surface area contributed by atoms with Crippen LogP contribution in [0.4, 0.5) is 26.1 Å². The Morgan fingerprint density at radius 2 is 1.79 bits per heavy atom. The van der Waals surface area contributed by atoms with Crippen LogP contribution in [0.1, 0.15) is 10.4 Å². The summed E-state index contributed by atoms with van der Waals surface area (Å²) in [5.41, 5.74) is 0.574. The maximum absolute atomic E-state index is 13.7. The summed E-state index contributed by atoms with van der Waals surface area (Å²) in [5.74, 6) is -0.183. The molecule has 1 aromatic carbocycles. The van der Waals surface area contributed by atoms with Gasteiger partial charge in [0.15, 0.2) is 0 Å². The minimum Gasteiger partial charge on any atom is -0.353 e. The Labute approximate surface area is 166 Å². The first-order valence-electron chi connectivity index (χ1n) is 9.23. The molecule has 3 aromatic rings. The predicted molar refractivity (Wildman–Crippen MR) is 106 cm³/mol. The van der Waals surface area contributed by atoms with Gasteiger partial charge >= 0.3 is 0 Å². The molecule has 0 unspecified atom stereocenters. The molecular weight excluding hydrogens is 376 g/mol. The quantitative estimate of drug-likeness (QED) is 0.733. The van der Waals surface area contributed by atoms with E-state index in [1.54, 1.807) is 23.2 Å². The van der Waals surface area contributed by atoms with Crippen LogP contribution in [0.3, 0.4) is 0 Å². The molecule has 0 radical (unpaired) electrons. The maximum atomic E-state index is 13.7. The number of benzene rings is 1. The molecule has 2 aromatic heterocycles. The third kappa shape index (κ3) is 4.31. The second kappa shape index (κ2) is 8.22. The summed E-state index contributed by atoms with van der Waals surface area (Å²) in [6, 6.07) is 12.3. The Morgan fingerprint density at radius 1 is 0.966 bits per heavy atom. The van der Waals surface area contributed by atoms with Crippen LogP contribution < -0.4 is 10.2 Å². The Bertz CT molecular complexity index is 990. The van der Waals surface area contributed by atoms with Gasteiger partial charge in [-0.05, 0) is 36.4 Å². The van der Waals surface area contributed by atoms with Crippen molar-refractivity contribution >= 4 is 23.2 Å². The minimum atomic E-state index is -0.710. The lowest BCUT2D eigenvalue weighted by molar-refractivity contribution is 0.0746. The van der Waals surface area contributed by atoms with Crippen LogP contribution >= 0.6 is 0 Å². The van der Waals surface area contributed by atoms with Gasteiger partial charge in [0.2, 0.25) is 0 Å². The highest BCUT2D eigenvalue weighted by Gasteiger charge is 2.23. The fraction of sp³-hybridized carbons (Fsp3) is 0.190. The lowest BCUT2D eigenvalue weighted by atomic mass is 10.2. The van der Waals surface area contributed by atoms with E-state index in [0.717, 1.165) is 18.0 Å². The topological polar surface area (TPSA) is 61.4 Å². The molecule has 148 valence electrons. The summed E-state index contributed by atoms with van der Waals surface area (Å²) in [6.07, 6.45) is 3.21. The molecule has 0 saturated carbocycles. The molecule has 0 bridgehead atoms. The van der Waals surface area contributed by atoms with Crippen molar-refractivity contribution in [1.82, 2.24) is 14.9 Å². The van der Waals surface area contributed by atoms with Gasteiger partial charge in [0.25, 0.3) is 5.91 Å². The molecule has 0 atom stereocenters. The van der Waals surface area contributed by atoms with E-state index < -0.39 is 11.6 Å². The SMILES string of the molecule is O=C(c1ccc(Nc2ccc(F)cc2F)nc1)N1CCN(c2ccccn2)CC1. The van der Waals surface area contributed by atoms with Crippen molar-refractivity contribution in [2.75, 3.05) is 36.4 Å². The van der Waals surface area contributed by atoms with Gasteiger partial charge < -0.3 is 15.1 Å². The van der Waals surface area contributed by atoms with Gasteiger partial charge in [-0.15, -0.1) is 0 Å². The molecule has 0 aliphatic carbocycles. The molecular formula is C21H19F2N5O. The van der Waals surface area contributed by atoms with Crippen LogP contribution in [0, 0.1) is 11.6 Å². The molecule has 1 saturated heterocycles. The van der Waals surface area contributed by atoms with E-state index in [2.05, 4.69) is 20.2 Å². The Morgan fingerprint density at radius 3 is 2.45 bits per heavy atom. The number of rotatable bonds is 4. The van der Waals surface area contributed by atoms with E-state index in [4.69, 9.17) is 0 Å². The lowest BCUT2D eigenvalue weighted by Gasteiger charge is -2.35. The van der Waals surface area contributed by atoms with Gasteiger partial charge in [-0.2, -0.15) is 0 Å². The fourth-order valence-electron chi connectivity index (χ4n) is 3.19. The van der Waals surface area contributed by atoms with E-state index in [1.165, 1.54) is 12.3 Å². The smallest absolute Gasteiger partial charge is 0.255 e. The van der Waals surface area contributed by atoms with Crippen LogP contribution in [-0.4, -0.2) is 47.0 Å². The van der Waals surface area contributed by atoms with Crippen molar-refractivity contribution in [2.24, 2.45) is 0 Å². The highest BCUT2D eigenvalue weighted by atomic mass is 19.1. The van der Waals surface area contributed by atoms with Crippen molar-refractivity contribution in [3.05, 3.63) is 78.1 Å². The zero-order valence-corrected chi connectivity index (χ0v) is 15.6. The summed E-state index contributed by atoms with van der Waals surface area (Å²) in [4.78, 5) is 25.2. The van der Waals surface area contributed by atoms with Gasteiger partial charge in [-0.1, -0.05) is 6.07 Å². The molecule has 4 rings (SSSR count). The number of pyridine rings is 2.